The zero-order valence-corrected chi connectivity index (χ0v) is 16.8. The van der Waals surface area contributed by atoms with Crippen LogP contribution in [0.25, 0.3) is 0 Å². The van der Waals surface area contributed by atoms with Crippen LogP contribution < -0.4 is 5.32 Å². The highest BCUT2D eigenvalue weighted by molar-refractivity contribution is 5.74. The van der Waals surface area contributed by atoms with Gasteiger partial charge in [-0.15, -0.1) is 0 Å². The van der Waals surface area contributed by atoms with Crippen LogP contribution in [0.3, 0.4) is 0 Å². The molecule has 0 spiro atoms. The van der Waals surface area contributed by atoms with Crippen LogP contribution in [0.2, 0.25) is 0 Å². The van der Waals surface area contributed by atoms with Crippen LogP contribution >= 0.6 is 0 Å². The maximum Gasteiger partial charge on any atom is 0.317 e. The second-order valence-electron chi connectivity index (χ2n) is 7.20. The van der Waals surface area contributed by atoms with Crippen molar-refractivity contribution in [2.45, 2.75) is 32.9 Å². The molecule has 1 aliphatic heterocycles. The number of urea groups is 1. The minimum atomic E-state index is 0.00744. The Bertz CT molecular complexity index is 726. The highest BCUT2D eigenvalue weighted by atomic mass is 16.5. The summed E-state index contributed by atoms with van der Waals surface area (Å²) in [6.45, 7) is 9.10. The summed E-state index contributed by atoms with van der Waals surface area (Å²) >= 11 is 0. The van der Waals surface area contributed by atoms with Gasteiger partial charge in [-0.1, -0.05) is 35.5 Å². The summed E-state index contributed by atoms with van der Waals surface area (Å²) in [5, 5.41) is 7.03. The fourth-order valence-electron chi connectivity index (χ4n) is 3.29. The van der Waals surface area contributed by atoms with E-state index in [1.54, 1.807) is 0 Å². The molecule has 2 aromatic rings. The summed E-state index contributed by atoms with van der Waals surface area (Å²) in [4.78, 5) is 16.5. The number of hydrogen-bond acceptors (Lipinski definition) is 5. The average molecular weight is 386 g/mol. The smallest absolute Gasteiger partial charge is 0.317 e. The minimum Gasteiger partial charge on any atom is -0.374 e. The molecule has 0 bridgehead atoms. The maximum atomic E-state index is 12.3. The topological polar surface area (TPSA) is 70.8 Å². The van der Waals surface area contributed by atoms with Crippen molar-refractivity contribution in [2.24, 2.45) is 0 Å². The van der Waals surface area contributed by atoms with E-state index in [1.165, 1.54) is 5.56 Å². The van der Waals surface area contributed by atoms with Crippen molar-refractivity contribution >= 4 is 6.03 Å². The summed E-state index contributed by atoms with van der Waals surface area (Å²) in [5.74, 6) is 0.829. The van der Waals surface area contributed by atoms with E-state index in [4.69, 9.17) is 9.26 Å². The molecular weight excluding hydrogens is 356 g/mol. The lowest BCUT2D eigenvalue weighted by Crippen LogP contribution is -2.51. The number of aromatic nitrogens is 1. The largest absolute Gasteiger partial charge is 0.374 e. The van der Waals surface area contributed by atoms with E-state index in [0.29, 0.717) is 13.2 Å². The van der Waals surface area contributed by atoms with Crippen molar-refractivity contribution in [2.75, 3.05) is 39.3 Å². The molecule has 0 saturated carbocycles. The van der Waals surface area contributed by atoms with Crippen molar-refractivity contribution in [3.63, 3.8) is 0 Å². The Morgan fingerprint density at radius 2 is 2.00 bits per heavy atom. The lowest BCUT2D eigenvalue weighted by atomic mass is 10.1. The van der Waals surface area contributed by atoms with Crippen LogP contribution in [-0.2, 0) is 11.3 Å². The fourth-order valence-corrected chi connectivity index (χ4v) is 3.29. The zero-order chi connectivity index (χ0) is 19.8. The molecule has 1 atom stereocenters. The number of carbonyl (C=O) groups is 1. The number of aryl methyl sites for hydroxylation is 1. The van der Waals surface area contributed by atoms with Gasteiger partial charge in [0.15, 0.2) is 0 Å². The summed E-state index contributed by atoms with van der Waals surface area (Å²) in [7, 11) is 0. The standard InChI is InChI=1S/C21H30N4O3/c1-17-15-20(23-28-17)16-24-10-12-25(13-11-24)21(26)22-9-6-14-27-18(2)19-7-4-3-5-8-19/h3-5,7-8,15,18H,6,9-14,16H2,1-2H3,(H,22,26). The third kappa shape index (κ3) is 6.07. The van der Waals surface area contributed by atoms with E-state index in [2.05, 4.69) is 27.5 Å². The molecule has 28 heavy (non-hydrogen) atoms. The first kappa shape index (κ1) is 20.4. The van der Waals surface area contributed by atoms with Crippen LogP contribution in [0.4, 0.5) is 4.79 Å². The van der Waals surface area contributed by atoms with Gasteiger partial charge >= 0.3 is 6.03 Å². The number of amides is 2. The molecular formula is C21H30N4O3. The highest BCUT2D eigenvalue weighted by Gasteiger charge is 2.21. The molecule has 1 fully saturated rings. The molecule has 0 aliphatic carbocycles. The fraction of sp³-hybridized carbons (Fsp3) is 0.524. The zero-order valence-electron chi connectivity index (χ0n) is 16.8. The second-order valence-corrected chi connectivity index (χ2v) is 7.20. The molecule has 7 heteroatoms. The van der Waals surface area contributed by atoms with Crippen LogP contribution in [0.5, 0.6) is 0 Å². The Kier molecular flexibility index (Phi) is 7.45. The van der Waals surface area contributed by atoms with Gasteiger partial charge in [0.1, 0.15) is 5.76 Å². The number of benzene rings is 1. The predicted octanol–water partition coefficient (Wildman–Crippen LogP) is 2.98. The van der Waals surface area contributed by atoms with Gasteiger partial charge in [0.25, 0.3) is 0 Å². The van der Waals surface area contributed by atoms with Gasteiger partial charge in [-0.3, -0.25) is 4.90 Å². The predicted molar refractivity (Wildman–Crippen MR) is 107 cm³/mol. The Labute approximate surface area is 166 Å². The summed E-state index contributed by atoms with van der Waals surface area (Å²) in [6, 6.07) is 12.1. The highest BCUT2D eigenvalue weighted by Crippen LogP contribution is 2.15. The lowest BCUT2D eigenvalue weighted by Gasteiger charge is -2.34. The van der Waals surface area contributed by atoms with Gasteiger partial charge in [-0.05, 0) is 25.8 Å². The number of ether oxygens (including phenoxy) is 1. The molecule has 1 saturated heterocycles. The Morgan fingerprint density at radius 1 is 1.25 bits per heavy atom. The van der Waals surface area contributed by atoms with E-state index in [1.807, 2.05) is 43.0 Å². The SMILES string of the molecule is Cc1cc(CN2CCN(C(=O)NCCCOC(C)c3ccccc3)CC2)no1. The quantitative estimate of drug-likeness (QED) is 0.706. The molecule has 3 rings (SSSR count). The van der Waals surface area contributed by atoms with Crippen molar-refractivity contribution in [1.82, 2.24) is 20.3 Å². The van der Waals surface area contributed by atoms with E-state index in [0.717, 1.165) is 50.6 Å². The van der Waals surface area contributed by atoms with Gasteiger partial charge in [0, 0.05) is 51.9 Å². The lowest BCUT2D eigenvalue weighted by molar-refractivity contribution is 0.0640. The van der Waals surface area contributed by atoms with E-state index < -0.39 is 0 Å². The minimum absolute atomic E-state index is 0.00744. The summed E-state index contributed by atoms with van der Waals surface area (Å²) < 4.78 is 11.0. The molecule has 1 aromatic carbocycles. The van der Waals surface area contributed by atoms with Crippen LogP contribution in [0.15, 0.2) is 40.9 Å². The van der Waals surface area contributed by atoms with Crippen LogP contribution in [-0.4, -0.2) is 60.3 Å². The third-order valence-electron chi connectivity index (χ3n) is 4.96. The first-order chi connectivity index (χ1) is 13.6. The molecule has 1 unspecified atom stereocenters. The van der Waals surface area contributed by atoms with Crippen LogP contribution in [0, 0.1) is 6.92 Å². The molecule has 1 aromatic heterocycles. The average Bonchev–Trinajstić information content (AvgIpc) is 3.13. The third-order valence-corrected chi connectivity index (χ3v) is 4.96. The van der Waals surface area contributed by atoms with Gasteiger partial charge in [0.05, 0.1) is 11.8 Å². The molecule has 0 radical (unpaired) electrons. The number of nitrogens with zero attached hydrogens (tertiary/aromatic N) is 3. The van der Waals surface area contributed by atoms with Gasteiger partial charge in [-0.2, -0.15) is 0 Å². The monoisotopic (exact) mass is 386 g/mol. The van der Waals surface area contributed by atoms with E-state index in [9.17, 15) is 4.79 Å². The Hall–Kier alpha value is -2.38. The van der Waals surface area contributed by atoms with Gasteiger partial charge < -0.3 is 19.5 Å². The number of piperazine rings is 1. The van der Waals surface area contributed by atoms with Crippen molar-refractivity contribution in [3.8, 4) is 0 Å². The maximum absolute atomic E-state index is 12.3. The number of carbonyl (C=O) groups excluding carboxylic acids is 1. The molecule has 2 heterocycles. The van der Waals surface area contributed by atoms with Crippen molar-refractivity contribution in [1.29, 1.82) is 0 Å². The van der Waals surface area contributed by atoms with Crippen molar-refractivity contribution in [3.05, 3.63) is 53.4 Å². The first-order valence-corrected chi connectivity index (χ1v) is 9.95. The van der Waals surface area contributed by atoms with Gasteiger partial charge in [0.2, 0.25) is 0 Å². The van der Waals surface area contributed by atoms with E-state index in [-0.39, 0.29) is 12.1 Å². The molecule has 1 N–H and O–H groups in total. The Balaban J connectivity index is 1.27. The molecule has 7 nitrogen and oxygen atoms in total. The van der Waals surface area contributed by atoms with E-state index >= 15 is 0 Å². The van der Waals surface area contributed by atoms with Gasteiger partial charge in [-0.25, -0.2) is 4.79 Å². The number of rotatable bonds is 8. The molecule has 152 valence electrons. The number of nitrogens with one attached hydrogen (secondary N) is 1. The molecule has 1 aliphatic rings. The summed E-state index contributed by atoms with van der Waals surface area (Å²) in [6.07, 6.45) is 0.868. The number of hydrogen-bond donors (Lipinski definition) is 1. The van der Waals surface area contributed by atoms with Crippen LogP contribution in [0.1, 0.15) is 36.5 Å². The summed E-state index contributed by atoms with van der Waals surface area (Å²) in [5.41, 5.74) is 2.12. The second kappa shape index (κ2) is 10.2. The Morgan fingerprint density at radius 3 is 2.68 bits per heavy atom. The first-order valence-electron chi connectivity index (χ1n) is 9.95. The normalized spacial score (nSPS) is 16.1. The molecule has 2 amide bonds. The van der Waals surface area contributed by atoms with Crippen molar-refractivity contribution < 1.29 is 14.1 Å².